The molecule has 0 aliphatic heterocycles. The van der Waals surface area contributed by atoms with Crippen molar-refractivity contribution in [3.05, 3.63) is 28.8 Å². The van der Waals surface area contributed by atoms with Crippen molar-refractivity contribution in [1.82, 2.24) is 9.97 Å². The number of alkyl halides is 2. The first-order valence-corrected chi connectivity index (χ1v) is 9.35. The number of hydrogen-bond donors (Lipinski definition) is 1. The number of carbonyl (C=O) groups is 1. The van der Waals surface area contributed by atoms with Crippen molar-refractivity contribution < 1.29 is 13.6 Å². The van der Waals surface area contributed by atoms with Gasteiger partial charge in [-0.15, -0.1) is 11.3 Å². The van der Waals surface area contributed by atoms with Gasteiger partial charge in [0, 0.05) is 36.4 Å². The highest BCUT2D eigenvalue weighted by Gasteiger charge is 2.34. The second kappa shape index (κ2) is 7.56. The minimum atomic E-state index is -2.54. The van der Waals surface area contributed by atoms with Crippen LogP contribution in [-0.4, -0.2) is 28.2 Å². The van der Waals surface area contributed by atoms with Crippen molar-refractivity contribution in [1.29, 1.82) is 0 Å². The summed E-state index contributed by atoms with van der Waals surface area (Å²) in [4.78, 5) is 19.8. The molecule has 1 aliphatic carbocycles. The molecule has 134 valence electrons. The van der Waals surface area contributed by atoms with E-state index in [1.54, 1.807) is 0 Å². The van der Waals surface area contributed by atoms with Crippen molar-refractivity contribution in [2.45, 2.75) is 57.4 Å². The molecule has 2 aromatic heterocycles. The van der Waals surface area contributed by atoms with Gasteiger partial charge in [-0.2, -0.15) is 0 Å². The van der Waals surface area contributed by atoms with Crippen LogP contribution in [0.15, 0.2) is 17.5 Å². The van der Waals surface area contributed by atoms with Gasteiger partial charge in [-0.1, -0.05) is 0 Å². The van der Waals surface area contributed by atoms with E-state index < -0.39 is 5.92 Å². The van der Waals surface area contributed by atoms with Gasteiger partial charge in [0.15, 0.2) is 0 Å². The average Bonchev–Trinajstić information content (AvgIpc) is 3.01. The summed E-state index contributed by atoms with van der Waals surface area (Å²) in [5.41, 5.74) is 2.68. The summed E-state index contributed by atoms with van der Waals surface area (Å²) in [6.45, 7) is 1.93. The van der Waals surface area contributed by atoms with Crippen LogP contribution >= 0.6 is 11.3 Å². The zero-order chi connectivity index (χ0) is 17.9. The van der Waals surface area contributed by atoms with Crippen LogP contribution in [0.1, 0.15) is 43.4 Å². The molecule has 3 rings (SSSR count). The highest BCUT2D eigenvalue weighted by Crippen LogP contribution is 2.34. The SMILES string of the molecule is Cc1csc(-c2cc(CCC=O)cc(NC3CCC(F)(F)CC3)n2)n1. The number of pyridine rings is 1. The molecule has 2 heterocycles. The maximum absolute atomic E-state index is 13.3. The van der Waals surface area contributed by atoms with Gasteiger partial charge in [0.25, 0.3) is 0 Å². The molecule has 25 heavy (non-hydrogen) atoms. The molecule has 0 unspecified atom stereocenters. The van der Waals surface area contributed by atoms with E-state index in [4.69, 9.17) is 0 Å². The van der Waals surface area contributed by atoms with Gasteiger partial charge in [-0.25, -0.2) is 18.7 Å². The minimum Gasteiger partial charge on any atom is -0.367 e. The minimum absolute atomic E-state index is 0.000623. The molecule has 0 amide bonds. The van der Waals surface area contributed by atoms with Crippen LogP contribution in [0.3, 0.4) is 0 Å². The van der Waals surface area contributed by atoms with Crippen LogP contribution in [-0.2, 0) is 11.2 Å². The Bertz CT molecular complexity index is 738. The first-order valence-electron chi connectivity index (χ1n) is 8.47. The molecule has 1 aliphatic rings. The van der Waals surface area contributed by atoms with E-state index in [9.17, 15) is 13.6 Å². The standard InChI is InChI=1S/C18H21F2N3OS/c1-12-11-25-17(21-12)15-9-13(3-2-8-24)10-16(23-15)22-14-4-6-18(19,20)7-5-14/h8-11,14H,2-7H2,1H3,(H,22,23). The fraction of sp³-hybridized carbons (Fsp3) is 0.500. The number of halogens is 2. The van der Waals surface area contributed by atoms with E-state index >= 15 is 0 Å². The Labute approximate surface area is 149 Å². The topological polar surface area (TPSA) is 54.9 Å². The Morgan fingerprint density at radius 2 is 2.08 bits per heavy atom. The van der Waals surface area contributed by atoms with Crippen LogP contribution in [0, 0.1) is 6.92 Å². The highest BCUT2D eigenvalue weighted by atomic mass is 32.1. The number of anilines is 1. The van der Waals surface area contributed by atoms with Crippen LogP contribution in [0.2, 0.25) is 0 Å². The molecule has 0 aromatic carbocycles. The first kappa shape index (κ1) is 17.9. The maximum atomic E-state index is 13.3. The van der Waals surface area contributed by atoms with Gasteiger partial charge in [0.1, 0.15) is 22.8 Å². The third-order valence-electron chi connectivity index (χ3n) is 4.34. The number of aldehydes is 1. The van der Waals surface area contributed by atoms with E-state index in [2.05, 4.69) is 15.3 Å². The highest BCUT2D eigenvalue weighted by molar-refractivity contribution is 7.13. The largest absolute Gasteiger partial charge is 0.367 e. The van der Waals surface area contributed by atoms with Gasteiger partial charge in [0.05, 0.1) is 0 Å². The predicted molar refractivity (Wildman–Crippen MR) is 95.3 cm³/mol. The molecule has 0 atom stereocenters. The van der Waals surface area contributed by atoms with E-state index in [1.807, 2.05) is 24.4 Å². The number of nitrogens with zero attached hydrogens (tertiary/aromatic N) is 2. The Kier molecular flexibility index (Phi) is 5.42. The predicted octanol–water partition coefficient (Wildman–Crippen LogP) is 4.63. The number of thiazole rings is 1. The van der Waals surface area contributed by atoms with Crippen molar-refractivity contribution in [3.63, 3.8) is 0 Å². The molecular formula is C18H21F2N3OS. The average molecular weight is 365 g/mol. The molecule has 0 bridgehead atoms. The lowest BCUT2D eigenvalue weighted by molar-refractivity contribution is -0.107. The van der Waals surface area contributed by atoms with E-state index in [0.29, 0.717) is 31.5 Å². The van der Waals surface area contributed by atoms with Crippen LogP contribution in [0.25, 0.3) is 10.7 Å². The zero-order valence-corrected chi connectivity index (χ0v) is 14.9. The van der Waals surface area contributed by atoms with Gasteiger partial charge in [-0.3, -0.25) is 0 Å². The second-order valence-corrected chi connectivity index (χ2v) is 7.38. The monoisotopic (exact) mass is 365 g/mol. The Balaban J connectivity index is 1.81. The van der Waals surface area contributed by atoms with Crippen molar-refractivity contribution >= 4 is 23.4 Å². The van der Waals surface area contributed by atoms with E-state index in [0.717, 1.165) is 28.2 Å². The summed E-state index contributed by atoms with van der Waals surface area (Å²) in [6, 6.07) is 3.85. The summed E-state index contributed by atoms with van der Waals surface area (Å²) < 4.78 is 26.6. The van der Waals surface area contributed by atoms with Gasteiger partial charge >= 0.3 is 0 Å². The number of carbonyl (C=O) groups excluding carboxylic acids is 1. The number of nitrogens with one attached hydrogen (secondary N) is 1. The van der Waals surface area contributed by atoms with Gasteiger partial charge in [0.2, 0.25) is 5.92 Å². The van der Waals surface area contributed by atoms with Crippen LogP contribution in [0.5, 0.6) is 0 Å². The molecule has 1 fully saturated rings. The molecule has 0 radical (unpaired) electrons. The summed E-state index contributed by atoms with van der Waals surface area (Å²) in [6.07, 6.45) is 2.64. The Hall–Kier alpha value is -1.89. The summed E-state index contributed by atoms with van der Waals surface area (Å²) >= 11 is 1.52. The maximum Gasteiger partial charge on any atom is 0.248 e. The second-order valence-electron chi connectivity index (χ2n) is 6.52. The number of aromatic nitrogens is 2. The smallest absolute Gasteiger partial charge is 0.248 e. The lowest BCUT2D eigenvalue weighted by atomic mass is 9.92. The zero-order valence-electron chi connectivity index (χ0n) is 14.1. The third kappa shape index (κ3) is 4.81. The molecular weight excluding hydrogens is 344 g/mol. The van der Waals surface area contributed by atoms with Crippen LogP contribution < -0.4 is 5.32 Å². The molecule has 7 heteroatoms. The lowest BCUT2D eigenvalue weighted by Gasteiger charge is -2.29. The summed E-state index contributed by atoms with van der Waals surface area (Å²) in [5.74, 6) is -1.87. The van der Waals surface area contributed by atoms with E-state index in [-0.39, 0.29) is 18.9 Å². The third-order valence-corrected chi connectivity index (χ3v) is 5.33. The lowest BCUT2D eigenvalue weighted by Crippen LogP contribution is -2.32. The van der Waals surface area contributed by atoms with E-state index in [1.165, 1.54) is 11.3 Å². The van der Waals surface area contributed by atoms with Crippen molar-refractivity contribution in [2.24, 2.45) is 0 Å². The number of aryl methyl sites for hydroxylation is 2. The van der Waals surface area contributed by atoms with Crippen LogP contribution in [0.4, 0.5) is 14.6 Å². The van der Waals surface area contributed by atoms with Crippen molar-refractivity contribution in [2.75, 3.05) is 5.32 Å². The Morgan fingerprint density at radius 3 is 2.72 bits per heavy atom. The molecule has 0 saturated heterocycles. The number of hydrogen-bond acceptors (Lipinski definition) is 5. The molecule has 2 aromatic rings. The fourth-order valence-corrected chi connectivity index (χ4v) is 3.76. The first-order chi connectivity index (χ1) is 11.9. The van der Waals surface area contributed by atoms with Gasteiger partial charge in [-0.05, 0) is 43.9 Å². The van der Waals surface area contributed by atoms with Gasteiger partial charge < -0.3 is 10.1 Å². The molecule has 1 N–H and O–H groups in total. The quantitative estimate of drug-likeness (QED) is 0.758. The normalized spacial score (nSPS) is 17.4. The molecule has 4 nitrogen and oxygen atoms in total. The summed E-state index contributed by atoms with van der Waals surface area (Å²) in [7, 11) is 0. The Morgan fingerprint density at radius 1 is 1.32 bits per heavy atom. The number of rotatable bonds is 6. The fourth-order valence-electron chi connectivity index (χ4n) is 3.01. The summed E-state index contributed by atoms with van der Waals surface area (Å²) in [5, 5.41) is 6.08. The molecule has 1 saturated carbocycles. The van der Waals surface area contributed by atoms with Crippen molar-refractivity contribution in [3.8, 4) is 10.7 Å². The molecule has 0 spiro atoms.